The van der Waals surface area contributed by atoms with Crippen LogP contribution in [0.15, 0.2) is 29.2 Å². The van der Waals surface area contributed by atoms with Crippen molar-refractivity contribution in [1.29, 1.82) is 0 Å². The summed E-state index contributed by atoms with van der Waals surface area (Å²) in [7, 11) is -4.12. The smallest absolute Gasteiger partial charge is 0.274 e. The van der Waals surface area contributed by atoms with Crippen LogP contribution in [0.3, 0.4) is 0 Å². The topological polar surface area (TPSA) is 63.2 Å². The van der Waals surface area contributed by atoms with Crippen LogP contribution in [-0.4, -0.2) is 14.3 Å². The molecule has 0 spiro atoms. The summed E-state index contributed by atoms with van der Waals surface area (Å²) in [6.07, 6.45) is -3.22. The molecule has 0 aliphatic rings. The lowest BCUT2D eigenvalue weighted by Crippen LogP contribution is -2.30. The van der Waals surface area contributed by atoms with Gasteiger partial charge in [-0.2, -0.15) is 13.2 Å². The van der Waals surface area contributed by atoms with E-state index in [0.29, 0.717) is 18.6 Å². The number of sulfonamides is 1. The van der Waals surface area contributed by atoms with Gasteiger partial charge in [0.15, 0.2) is 0 Å². The Morgan fingerprint density at radius 2 is 1.75 bits per heavy atom. The predicted molar refractivity (Wildman–Crippen MR) is 66.3 cm³/mol. The first-order valence-corrected chi connectivity index (χ1v) is 7.38. The minimum atomic E-state index is -4.54. The van der Waals surface area contributed by atoms with Gasteiger partial charge in [-0.1, -0.05) is 13.3 Å². The van der Waals surface area contributed by atoms with E-state index in [0.717, 1.165) is 18.6 Å². The molecule has 0 aliphatic carbocycles. The van der Waals surface area contributed by atoms with E-state index in [1.165, 1.54) is 0 Å². The second kappa shape index (κ2) is 6.25. The number of rotatable bonds is 5. The predicted octanol–water partition coefficient (Wildman–Crippen LogP) is 2.70. The molecular weight excluding hydrogens is 295 g/mol. The van der Waals surface area contributed by atoms with Gasteiger partial charge in [0.1, 0.15) is 0 Å². The molecule has 0 fully saturated rings. The molecule has 0 unspecified atom stereocenters. The lowest BCUT2D eigenvalue weighted by molar-refractivity contribution is -0.137. The van der Waals surface area contributed by atoms with Gasteiger partial charge in [0.25, 0.3) is 10.0 Å². The standard InChI is InChI=1S/C12H14F3NO3S/c1-2-3-4-11(17)16-20(18,19)10-7-5-9(6-8-10)12(13,14)15/h5-8H,2-4H2,1H3,(H,16,17). The van der Waals surface area contributed by atoms with E-state index in [1.807, 2.05) is 11.6 Å². The Labute approximate surface area is 115 Å². The number of carbonyl (C=O) groups is 1. The van der Waals surface area contributed by atoms with Crippen LogP contribution in [0.2, 0.25) is 0 Å². The molecule has 1 N–H and O–H groups in total. The van der Waals surface area contributed by atoms with Crippen LogP contribution in [0.5, 0.6) is 0 Å². The zero-order valence-corrected chi connectivity index (χ0v) is 11.5. The van der Waals surface area contributed by atoms with Gasteiger partial charge in [0, 0.05) is 6.42 Å². The number of hydrogen-bond acceptors (Lipinski definition) is 3. The summed E-state index contributed by atoms with van der Waals surface area (Å²) in [6, 6.07) is 2.95. The van der Waals surface area contributed by atoms with E-state index in [2.05, 4.69) is 0 Å². The van der Waals surface area contributed by atoms with Crippen molar-refractivity contribution in [3.05, 3.63) is 29.8 Å². The molecule has 0 bridgehead atoms. The Kier molecular flexibility index (Phi) is 5.15. The fourth-order valence-corrected chi connectivity index (χ4v) is 2.43. The zero-order chi connectivity index (χ0) is 15.4. The number of benzene rings is 1. The fraction of sp³-hybridized carbons (Fsp3) is 0.417. The van der Waals surface area contributed by atoms with Crippen LogP contribution in [0, 0.1) is 0 Å². The van der Waals surface area contributed by atoms with Crippen LogP contribution >= 0.6 is 0 Å². The molecule has 0 heterocycles. The number of alkyl halides is 3. The highest BCUT2D eigenvalue weighted by Gasteiger charge is 2.30. The van der Waals surface area contributed by atoms with Gasteiger partial charge >= 0.3 is 6.18 Å². The maximum absolute atomic E-state index is 12.3. The Hall–Kier alpha value is -1.57. The Bertz CT molecular complexity index is 565. The van der Waals surface area contributed by atoms with Crippen LogP contribution in [0.4, 0.5) is 13.2 Å². The van der Waals surface area contributed by atoms with Crippen LogP contribution < -0.4 is 4.72 Å². The monoisotopic (exact) mass is 309 g/mol. The zero-order valence-electron chi connectivity index (χ0n) is 10.7. The van der Waals surface area contributed by atoms with E-state index in [9.17, 15) is 26.4 Å². The molecule has 1 rings (SSSR count). The number of unbranched alkanes of at least 4 members (excludes halogenated alkanes) is 1. The lowest BCUT2D eigenvalue weighted by atomic mass is 10.2. The van der Waals surface area contributed by atoms with Crippen LogP contribution in [0.1, 0.15) is 31.7 Å². The third kappa shape index (κ3) is 4.52. The van der Waals surface area contributed by atoms with E-state index in [-0.39, 0.29) is 11.3 Å². The number of carbonyl (C=O) groups excluding carboxylic acids is 1. The Balaban J connectivity index is 2.86. The average molecular weight is 309 g/mol. The van der Waals surface area contributed by atoms with Crippen molar-refractivity contribution in [2.45, 2.75) is 37.3 Å². The normalized spacial score (nSPS) is 12.2. The van der Waals surface area contributed by atoms with Crippen molar-refractivity contribution in [3.63, 3.8) is 0 Å². The minimum absolute atomic E-state index is 0.0519. The molecule has 8 heteroatoms. The number of halogens is 3. The summed E-state index contributed by atoms with van der Waals surface area (Å²) < 4.78 is 62.4. The van der Waals surface area contributed by atoms with Crippen molar-refractivity contribution >= 4 is 15.9 Å². The average Bonchev–Trinajstić information content (AvgIpc) is 2.35. The molecule has 1 aromatic carbocycles. The Morgan fingerprint density at radius 1 is 1.20 bits per heavy atom. The van der Waals surface area contributed by atoms with Gasteiger partial charge in [-0.3, -0.25) is 4.79 Å². The summed E-state index contributed by atoms with van der Waals surface area (Å²) in [6.45, 7) is 1.84. The molecule has 0 atom stereocenters. The largest absolute Gasteiger partial charge is 0.416 e. The minimum Gasteiger partial charge on any atom is -0.274 e. The van der Waals surface area contributed by atoms with Crippen molar-refractivity contribution < 1.29 is 26.4 Å². The summed E-state index contributed by atoms with van der Waals surface area (Å²) in [5.74, 6) is -0.674. The van der Waals surface area contributed by atoms with Crippen molar-refractivity contribution in [2.75, 3.05) is 0 Å². The van der Waals surface area contributed by atoms with Gasteiger partial charge in [-0.25, -0.2) is 13.1 Å². The molecular formula is C12H14F3NO3S. The number of nitrogens with one attached hydrogen (secondary N) is 1. The first-order valence-electron chi connectivity index (χ1n) is 5.89. The molecule has 4 nitrogen and oxygen atoms in total. The number of hydrogen-bond donors (Lipinski definition) is 1. The summed E-state index contributed by atoms with van der Waals surface area (Å²) >= 11 is 0. The van der Waals surface area contributed by atoms with Gasteiger partial charge in [-0.15, -0.1) is 0 Å². The van der Waals surface area contributed by atoms with Crippen LogP contribution in [-0.2, 0) is 21.0 Å². The molecule has 0 saturated heterocycles. The number of amides is 1. The maximum atomic E-state index is 12.3. The molecule has 1 amide bonds. The highest BCUT2D eigenvalue weighted by molar-refractivity contribution is 7.90. The molecule has 0 aliphatic heterocycles. The fourth-order valence-electron chi connectivity index (χ4n) is 1.42. The summed E-state index contributed by atoms with van der Waals surface area (Å²) in [4.78, 5) is 11.0. The molecule has 1 aromatic rings. The lowest BCUT2D eigenvalue weighted by Gasteiger charge is -2.09. The van der Waals surface area contributed by atoms with Crippen molar-refractivity contribution in [1.82, 2.24) is 4.72 Å². The van der Waals surface area contributed by atoms with Crippen molar-refractivity contribution in [3.8, 4) is 0 Å². The van der Waals surface area contributed by atoms with Crippen LogP contribution in [0.25, 0.3) is 0 Å². The second-order valence-electron chi connectivity index (χ2n) is 4.15. The molecule has 20 heavy (non-hydrogen) atoms. The Morgan fingerprint density at radius 3 is 2.20 bits per heavy atom. The maximum Gasteiger partial charge on any atom is 0.416 e. The van der Waals surface area contributed by atoms with E-state index in [4.69, 9.17) is 0 Å². The van der Waals surface area contributed by atoms with Gasteiger partial charge < -0.3 is 0 Å². The van der Waals surface area contributed by atoms with Gasteiger partial charge in [0.05, 0.1) is 10.5 Å². The van der Waals surface area contributed by atoms with Gasteiger partial charge in [-0.05, 0) is 30.7 Å². The van der Waals surface area contributed by atoms with E-state index >= 15 is 0 Å². The summed E-state index contributed by atoms with van der Waals surface area (Å²) in [5, 5.41) is 0. The SMILES string of the molecule is CCCCC(=O)NS(=O)(=O)c1ccc(C(F)(F)F)cc1. The molecule has 0 radical (unpaired) electrons. The summed E-state index contributed by atoms with van der Waals surface area (Å²) in [5.41, 5.74) is -0.950. The quantitative estimate of drug-likeness (QED) is 0.909. The first kappa shape index (κ1) is 16.5. The second-order valence-corrected chi connectivity index (χ2v) is 5.84. The third-order valence-electron chi connectivity index (χ3n) is 2.50. The van der Waals surface area contributed by atoms with Crippen molar-refractivity contribution in [2.24, 2.45) is 0 Å². The van der Waals surface area contributed by atoms with E-state index in [1.54, 1.807) is 0 Å². The molecule has 0 aromatic heterocycles. The highest BCUT2D eigenvalue weighted by atomic mass is 32.2. The highest BCUT2D eigenvalue weighted by Crippen LogP contribution is 2.29. The first-order chi connectivity index (χ1) is 9.16. The molecule has 112 valence electrons. The third-order valence-corrected chi connectivity index (χ3v) is 3.89. The van der Waals surface area contributed by atoms with Gasteiger partial charge in [0.2, 0.25) is 5.91 Å². The molecule has 0 saturated carbocycles. The van der Waals surface area contributed by atoms with E-state index < -0.39 is 27.7 Å².